The number of aromatic hydroxyl groups is 1. The largest absolute Gasteiger partial charge is 0.508 e. The van der Waals surface area contributed by atoms with Crippen LogP contribution in [0.4, 0.5) is 0 Å². The van der Waals surface area contributed by atoms with Crippen molar-refractivity contribution in [2.45, 2.75) is 20.4 Å². The third kappa shape index (κ3) is 2.46. The predicted molar refractivity (Wildman–Crippen MR) is 85.8 cm³/mol. The summed E-state index contributed by atoms with van der Waals surface area (Å²) in [6.07, 6.45) is 0. The van der Waals surface area contributed by atoms with Crippen LogP contribution in [0.2, 0.25) is 0 Å². The Morgan fingerprint density at radius 3 is 2.41 bits per heavy atom. The standard InChI is InChI=1S/C17H18N4O/c1-11-3-4-13(9-12(11)2)17-16(10-18)19-20-21(17)14-5-7-15(22)8-6-14/h3-9,22H,10,18H2,1-2H3. The Balaban J connectivity index is 2.19. The zero-order valence-electron chi connectivity index (χ0n) is 12.6. The van der Waals surface area contributed by atoms with E-state index in [0.29, 0.717) is 6.54 Å². The fraction of sp³-hybridized carbons (Fsp3) is 0.176. The minimum atomic E-state index is 0.218. The molecule has 0 amide bonds. The van der Waals surface area contributed by atoms with Gasteiger partial charge in [0.2, 0.25) is 0 Å². The molecule has 112 valence electrons. The van der Waals surface area contributed by atoms with Crippen LogP contribution in [0.3, 0.4) is 0 Å². The number of phenolic OH excluding ortho intramolecular Hbond substituents is 1. The fourth-order valence-electron chi connectivity index (χ4n) is 2.40. The maximum atomic E-state index is 9.44. The lowest BCUT2D eigenvalue weighted by Crippen LogP contribution is -2.03. The van der Waals surface area contributed by atoms with Crippen molar-refractivity contribution in [1.82, 2.24) is 15.0 Å². The number of rotatable bonds is 3. The third-order valence-corrected chi connectivity index (χ3v) is 3.81. The highest BCUT2D eigenvalue weighted by molar-refractivity contribution is 5.65. The third-order valence-electron chi connectivity index (χ3n) is 3.81. The Bertz CT molecular complexity index is 806. The summed E-state index contributed by atoms with van der Waals surface area (Å²) in [5.41, 5.74) is 11.8. The van der Waals surface area contributed by atoms with Gasteiger partial charge in [0.05, 0.1) is 11.4 Å². The molecule has 0 saturated carbocycles. The minimum absolute atomic E-state index is 0.218. The van der Waals surface area contributed by atoms with Crippen molar-refractivity contribution in [2.24, 2.45) is 5.73 Å². The van der Waals surface area contributed by atoms with E-state index in [9.17, 15) is 5.11 Å². The average molecular weight is 294 g/mol. The van der Waals surface area contributed by atoms with E-state index in [4.69, 9.17) is 5.73 Å². The first-order chi connectivity index (χ1) is 10.6. The number of benzene rings is 2. The second kappa shape index (κ2) is 5.61. The number of phenols is 1. The lowest BCUT2D eigenvalue weighted by Gasteiger charge is -2.10. The van der Waals surface area contributed by atoms with Gasteiger partial charge in [0.25, 0.3) is 0 Å². The molecule has 0 radical (unpaired) electrons. The summed E-state index contributed by atoms with van der Waals surface area (Å²) in [5.74, 6) is 0.218. The second-order valence-corrected chi connectivity index (χ2v) is 5.32. The van der Waals surface area contributed by atoms with Crippen molar-refractivity contribution in [1.29, 1.82) is 0 Å². The van der Waals surface area contributed by atoms with Gasteiger partial charge < -0.3 is 10.8 Å². The monoisotopic (exact) mass is 294 g/mol. The van der Waals surface area contributed by atoms with Crippen molar-refractivity contribution >= 4 is 0 Å². The van der Waals surface area contributed by atoms with E-state index in [-0.39, 0.29) is 5.75 Å². The van der Waals surface area contributed by atoms with Crippen LogP contribution < -0.4 is 5.73 Å². The molecule has 3 aromatic rings. The molecule has 1 heterocycles. The topological polar surface area (TPSA) is 77.0 Å². The fourth-order valence-corrected chi connectivity index (χ4v) is 2.40. The molecule has 0 unspecified atom stereocenters. The van der Waals surface area contributed by atoms with Crippen LogP contribution in [0.15, 0.2) is 42.5 Å². The molecule has 5 heteroatoms. The Kier molecular flexibility index (Phi) is 3.65. The molecule has 2 aromatic carbocycles. The highest BCUT2D eigenvalue weighted by Crippen LogP contribution is 2.27. The Morgan fingerprint density at radius 2 is 1.77 bits per heavy atom. The van der Waals surface area contributed by atoms with Gasteiger partial charge in [0, 0.05) is 12.1 Å². The number of nitrogens with two attached hydrogens (primary N) is 1. The summed E-state index contributed by atoms with van der Waals surface area (Å²) in [6, 6.07) is 13.1. The first-order valence-electron chi connectivity index (χ1n) is 7.12. The first kappa shape index (κ1) is 14.3. The second-order valence-electron chi connectivity index (χ2n) is 5.32. The molecule has 0 aliphatic heterocycles. The molecule has 5 nitrogen and oxygen atoms in total. The molecule has 0 aliphatic rings. The number of aromatic nitrogens is 3. The van der Waals surface area contributed by atoms with E-state index in [0.717, 1.165) is 22.6 Å². The molecule has 3 N–H and O–H groups in total. The van der Waals surface area contributed by atoms with Crippen molar-refractivity contribution in [3.8, 4) is 22.7 Å². The van der Waals surface area contributed by atoms with Gasteiger partial charge in [-0.3, -0.25) is 0 Å². The van der Waals surface area contributed by atoms with Crippen LogP contribution in [0.25, 0.3) is 16.9 Å². The van der Waals surface area contributed by atoms with E-state index in [1.54, 1.807) is 28.9 Å². The van der Waals surface area contributed by atoms with Crippen LogP contribution in [0.1, 0.15) is 16.8 Å². The van der Waals surface area contributed by atoms with Gasteiger partial charge in [0.1, 0.15) is 11.4 Å². The van der Waals surface area contributed by atoms with Gasteiger partial charge in [-0.2, -0.15) is 0 Å². The van der Waals surface area contributed by atoms with Crippen molar-refractivity contribution < 1.29 is 5.11 Å². The van der Waals surface area contributed by atoms with Crippen LogP contribution in [0.5, 0.6) is 5.75 Å². The molecule has 22 heavy (non-hydrogen) atoms. The van der Waals surface area contributed by atoms with E-state index < -0.39 is 0 Å². The number of hydrogen-bond acceptors (Lipinski definition) is 4. The lowest BCUT2D eigenvalue weighted by atomic mass is 10.0. The number of aryl methyl sites for hydroxylation is 2. The van der Waals surface area contributed by atoms with Gasteiger partial charge in [-0.25, -0.2) is 4.68 Å². The summed E-state index contributed by atoms with van der Waals surface area (Å²) in [6.45, 7) is 4.48. The highest BCUT2D eigenvalue weighted by Gasteiger charge is 2.15. The van der Waals surface area contributed by atoms with Crippen LogP contribution in [-0.2, 0) is 6.54 Å². The normalized spacial score (nSPS) is 10.9. The van der Waals surface area contributed by atoms with E-state index in [2.05, 4.69) is 42.4 Å². The molecule has 1 aromatic heterocycles. The Labute approximate surface area is 129 Å². The van der Waals surface area contributed by atoms with Gasteiger partial charge in [0.15, 0.2) is 0 Å². The SMILES string of the molecule is Cc1ccc(-c2c(CN)nnn2-c2ccc(O)cc2)cc1C. The average Bonchev–Trinajstić information content (AvgIpc) is 2.94. The maximum Gasteiger partial charge on any atom is 0.115 e. The summed E-state index contributed by atoms with van der Waals surface area (Å²) in [4.78, 5) is 0. The van der Waals surface area contributed by atoms with Gasteiger partial charge in [-0.1, -0.05) is 17.3 Å². The summed E-state index contributed by atoms with van der Waals surface area (Å²) >= 11 is 0. The Hall–Kier alpha value is -2.66. The quantitative estimate of drug-likeness (QED) is 0.778. The summed E-state index contributed by atoms with van der Waals surface area (Å²) < 4.78 is 1.76. The Morgan fingerprint density at radius 1 is 1.05 bits per heavy atom. The molecule has 0 fully saturated rings. The van der Waals surface area contributed by atoms with E-state index in [1.807, 2.05) is 0 Å². The molecular formula is C17H18N4O. The summed E-state index contributed by atoms with van der Waals surface area (Å²) in [7, 11) is 0. The van der Waals surface area contributed by atoms with Crippen LogP contribution >= 0.6 is 0 Å². The zero-order chi connectivity index (χ0) is 15.7. The molecule has 0 aliphatic carbocycles. The molecule has 0 atom stereocenters. The molecule has 3 rings (SSSR count). The van der Waals surface area contributed by atoms with E-state index >= 15 is 0 Å². The van der Waals surface area contributed by atoms with Gasteiger partial charge in [-0.15, -0.1) is 5.10 Å². The number of hydrogen-bond donors (Lipinski definition) is 2. The molecule has 0 spiro atoms. The maximum absolute atomic E-state index is 9.44. The first-order valence-corrected chi connectivity index (χ1v) is 7.12. The lowest BCUT2D eigenvalue weighted by molar-refractivity contribution is 0.475. The summed E-state index contributed by atoms with van der Waals surface area (Å²) in [5, 5.41) is 17.9. The highest BCUT2D eigenvalue weighted by atomic mass is 16.3. The zero-order valence-corrected chi connectivity index (χ0v) is 12.6. The van der Waals surface area contributed by atoms with Crippen molar-refractivity contribution in [2.75, 3.05) is 0 Å². The minimum Gasteiger partial charge on any atom is -0.508 e. The van der Waals surface area contributed by atoms with Crippen LogP contribution in [0, 0.1) is 13.8 Å². The molecule has 0 saturated heterocycles. The van der Waals surface area contributed by atoms with Gasteiger partial charge in [-0.05, 0) is 55.3 Å². The molecular weight excluding hydrogens is 276 g/mol. The van der Waals surface area contributed by atoms with E-state index in [1.165, 1.54) is 11.1 Å². The number of nitrogens with zero attached hydrogens (tertiary/aromatic N) is 3. The van der Waals surface area contributed by atoms with Crippen LogP contribution in [-0.4, -0.2) is 20.1 Å². The van der Waals surface area contributed by atoms with Gasteiger partial charge >= 0.3 is 0 Å². The predicted octanol–water partition coefficient (Wildman–Crippen LogP) is 2.72. The molecule has 0 bridgehead atoms. The van der Waals surface area contributed by atoms with Crippen molar-refractivity contribution in [3.63, 3.8) is 0 Å². The van der Waals surface area contributed by atoms with Crippen molar-refractivity contribution in [3.05, 3.63) is 59.3 Å². The smallest absolute Gasteiger partial charge is 0.115 e.